The zero-order valence-corrected chi connectivity index (χ0v) is 11.1. The summed E-state index contributed by atoms with van der Waals surface area (Å²) >= 11 is 0. The van der Waals surface area contributed by atoms with Gasteiger partial charge in [0.25, 0.3) is 0 Å². The summed E-state index contributed by atoms with van der Waals surface area (Å²) in [5.74, 6) is -0.856. The first-order valence-electron chi connectivity index (χ1n) is 6.56. The van der Waals surface area contributed by atoms with E-state index in [-0.39, 0.29) is 17.7 Å². The Bertz CT molecular complexity index is 330. The van der Waals surface area contributed by atoms with Gasteiger partial charge in [-0.15, -0.1) is 0 Å². The van der Waals surface area contributed by atoms with Gasteiger partial charge in [-0.3, -0.25) is 9.59 Å². The molecule has 0 unspecified atom stereocenters. The first kappa shape index (κ1) is 14.7. The molecule has 0 aliphatic heterocycles. The van der Waals surface area contributed by atoms with Gasteiger partial charge in [0.15, 0.2) is 0 Å². The third-order valence-corrected chi connectivity index (χ3v) is 3.56. The summed E-state index contributed by atoms with van der Waals surface area (Å²) < 4.78 is 0. The zero-order valence-electron chi connectivity index (χ0n) is 11.1. The van der Waals surface area contributed by atoms with Gasteiger partial charge in [-0.25, -0.2) is 0 Å². The van der Waals surface area contributed by atoms with Crippen molar-refractivity contribution in [2.24, 2.45) is 5.41 Å². The lowest BCUT2D eigenvalue weighted by molar-refractivity contribution is -0.141. The van der Waals surface area contributed by atoms with Crippen LogP contribution < -0.4 is 5.32 Å². The summed E-state index contributed by atoms with van der Waals surface area (Å²) in [5.41, 5.74) is 0.572. The molecule has 1 rings (SSSR count). The van der Waals surface area contributed by atoms with Crippen molar-refractivity contribution in [3.05, 3.63) is 12.2 Å². The largest absolute Gasteiger partial charge is 0.481 e. The Morgan fingerprint density at radius 2 is 1.83 bits per heavy atom. The van der Waals surface area contributed by atoms with Gasteiger partial charge in [-0.05, 0) is 25.2 Å². The SMILES string of the molecule is C=C(C)CNC(=O)CC1(CC(=O)O)CCCCC1. The molecule has 4 heteroatoms. The van der Waals surface area contributed by atoms with Crippen molar-refractivity contribution in [3.63, 3.8) is 0 Å². The number of carboxylic acids is 1. The van der Waals surface area contributed by atoms with Gasteiger partial charge in [-0.2, -0.15) is 0 Å². The van der Waals surface area contributed by atoms with Crippen molar-refractivity contribution in [1.29, 1.82) is 0 Å². The molecule has 0 saturated heterocycles. The van der Waals surface area contributed by atoms with Crippen molar-refractivity contribution in [3.8, 4) is 0 Å². The quantitative estimate of drug-likeness (QED) is 0.715. The topological polar surface area (TPSA) is 66.4 Å². The van der Waals surface area contributed by atoms with Crippen molar-refractivity contribution >= 4 is 11.9 Å². The van der Waals surface area contributed by atoms with E-state index in [0.717, 1.165) is 37.7 Å². The molecule has 0 aromatic carbocycles. The smallest absolute Gasteiger partial charge is 0.303 e. The predicted molar refractivity (Wildman–Crippen MR) is 70.2 cm³/mol. The van der Waals surface area contributed by atoms with Gasteiger partial charge < -0.3 is 10.4 Å². The molecule has 0 atom stereocenters. The van der Waals surface area contributed by atoms with Gasteiger partial charge in [-0.1, -0.05) is 31.4 Å². The number of carbonyl (C=O) groups is 2. The average Bonchev–Trinajstić information content (AvgIpc) is 2.26. The van der Waals surface area contributed by atoms with E-state index < -0.39 is 5.97 Å². The molecule has 0 heterocycles. The monoisotopic (exact) mass is 253 g/mol. The number of carbonyl (C=O) groups excluding carboxylic acids is 1. The molecule has 1 saturated carbocycles. The van der Waals surface area contributed by atoms with Crippen LogP contribution in [0.15, 0.2) is 12.2 Å². The molecule has 1 fully saturated rings. The minimum Gasteiger partial charge on any atom is -0.481 e. The van der Waals surface area contributed by atoms with Gasteiger partial charge in [0.1, 0.15) is 0 Å². The van der Waals surface area contributed by atoms with E-state index in [9.17, 15) is 9.59 Å². The third-order valence-electron chi connectivity index (χ3n) is 3.56. The molecule has 4 nitrogen and oxygen atoms in total. The Labute approximate surface area is 108 Å². The van der Waals surface area contributed by atoms with Gasteiger partial charge in [0, 0.05) is 13.0 Å². The minimum absolute atomic E-state index is 0.0545. The molecule has 1 aliphatic rings. The molecule has 0 radical (unpaired) electrons. The van der Waals surface area contributed by atoms with Gasteiger partial charge in [0.2, 0.25) is 5.91 Å². The van der Waals surface area contributed by atoms with Crippen molar-refractivity contribution < 1.29 is 14.7 Å². The molecule has 1 aliphatic carbocycles. The second-order valence-electron chi connectivity index (χ2n) is 5.54. The van der Waals surface area contributed by atoms with E-state index >= 15 is 0 Å². The van der Waals surface area contributed by atoms with Crippen LogP contribution in [0.1, 0.15) is 51.9 Å². The van der Waals surface area contributed by atoms with E-state index in [1.165, 1.54) is 0 Å². The highest BCUT2D eigenvalue weighted by molar-refractivity contribution is 5.78. The van der Waals surface area contributed by atoms with Gasteiger partial charge in [0.05, 0.1) is 6.42 Å². The van der Waals surface area contributed by atoms with E-state index in [0.29, 0.717) is 13.0 Å². The Kier molecular flexibility index (Phi) is 5.38. The molecule has 0 aromatic rings. The number of carboxylic acid groups (broad SMARTS) is 1. The first-order chi connectivity index (χ1) is 8.43. The summed E-state index contributed by atoms with van der Waals surface area (Å²) in [6, 6.07) is 0. The highest BCUT2D eigenvalue weighted by atomic mass is 16.4. The number of amides is 1. The highest BCUT2D eigenvalue weighted by Crippen LogP contribution is 2.42. The zero-order chi connectivity index (χ0) is 13.6. The summed E-state index contributed by atoms with van der Waals surface area (Å²) in [5, 5.41) is 11.8. The summed E-state index contributed by atoms with van der Waals surface area (Å²) in [6.07, 6.45) is 5.33. The van der Waals surface area contributed by atoms with E-state index in [1.807, 2.05) is 6.92 Å². The number of hydrogen-bond acceptors (Lipinski definition) is 2. The van der Waals surface area contributed by atoms with Crippen LogP contribution in [-0.2, 0) is 9.59 Å². The molecule has 2 N–H and O–H groups in total. The fraction of sp³-hybridized carbons (Fsp3) is 0.714. The maximum absolute atomic E-state index is 11.9. The number of nitrogens with one attached hydrogen (secondary N) is 1. The Morgan fingerprint density at radius 1 is 1.22 bits per heavy atom. The van der Waals surface area contributed by atoms with Crippen LogP contribution >= 0.6 is 0 Å². The van der Waals surface area contributed by atoms with E-state index in [1.54, 1.807) is 0 Å². The van der Waals surface area contributed by atoms with Crippen LogP contribution in [0.3, 0.4) is 0 Å². The summed E-state index contributed by atoms with van der Waals surface area (Å²) in [6.45, 7) is 6.06. The minimum atomic E-state index is -0.801. The molecule has 0 aromatic heterocycles. The molecule has 1 amide bonds. The third kappa shape index (κ3) is 4.90. The van der Waals surface area contributed by atoms with Crippen molar-refractivity contribution in [2.45, 2.75) is 51.9 Å². The van der Waals surface area contributed by atoms with Crippen LogP contribution in [0.2, 0.25) is 0 Å². The first-order valence-corrected chi connectivity index (χ1v) is 6.56. The lowest BCUT2D eigenvalue weighted by Crippen LogP contribution is -2.35. The second kappa shape index (κ2) is 6.57. The van der Waals surface area contributed by atoms with E-state index in [4.69, 9.17) is 5.11 Å². The predicted octanol–water partition coefficient (Wildman–Crippen LogP) is 2.49. The lowest BCUT2D eigenvalue weighted by Gasteiger charge is -2.35. The number of aliphatic carboxylic acids is 1. The summed E-state index contributed by atoms with van der Waals surface area (Å²) in [4.78, 5) is 22.8. The summed E-state index contributed by atoms with van der Waals surface area (Å²) in [7, 11) is 0. The number of hydrogen-bond donors (Lipinski definition) is 2. The van der Waals surface area contributed by atoms with Crippen molar-refractivity contribution in [2.75, 3.05) is 6.54 Å². The fourth-order valence-electron chi connectivity index (χ4n) is 2.69. The maximum atomic E-state index is 11.9. The average molecular weight is 253 g/mol. The molecule has 18 heavy (non-hydrogen) atoms. The molecule has 102 valence electrons. The normalized spacial score (nSPS) is 18.1. The Balaban J connectivity index is 2.57. The lowest BCUT2D eigenvalue weighted by atomic mass is 9.69. The van der Waals surface area contributed by atoms with Crippen molar-refractivity contribution in [1.82, 2.24) is 5.32 Å². The van der Waals surface area contributed by atoms with E-state index in [2.05, 4.69) is 11.9 Å². The van der Waals surface area contributed by atoms with Crippen LogP contribution in [0.5, 0.6) is 0 Å². The molecule has 0 bridgehead atoms. The second-order valence-corrected chi connectivity index (χ2v) is 5.54. The molecule has 0 spiro atoms. The maximum Gasteiger partial charge on any atom is 0.303 e. The van der Waals surface area contributed by atoms with Crippen LogP contribution in [0, 0.1) is 5.41 Å². The van der Waals surface area contributed by atoms with Gasteiger partial charge >= 0.3 is 5.97 Å². The van der Waals surface area contributed by atoms with Crippen LogP contribution in [0.25, 0.3) is 0 Å². The standard InChI is InChI=1S/C14H23NO3/c1-11(2)10-15-12(16)8-14(9-13(17)18)6-4-3-5-7-14/h1,3-10H2,2H3,(H,15,16)(H,17,18). The van der Waals surface area contributed by atoms with Crippen LogP contribution in [-0.4, -0.2) is 23.5 Å². The fourth-order valence-corrected chi connectivity index (χ4v) is 2.69. The number of rotatable bonds is 6. The molecular formula is C14H23NO3. The molecular weight excluding hydrogens is 230 g/mol. The van der Waals surface area contributed by atoms with Crippen LogP contribution in [0.4, 0.5) is 0 Å². The highest BCUT2D eigenvalue weighted by Gasteiger charge is 2.36. The Morgan fingerprint density at radius 3 is 2.33 bits per heavy atom. The Hall–Kier alpha value is -1.32.